The van der Waals surface area contributed by atoms with E-state index in [-0.39, 0.29) is 43.3 Å². The number of nitrogens with two attached hydrogens (primary N) is 2. The number of ether oxygens (including phenoxy) is 4. The number of aliphatic hydroxyl groups is 3. The molecule has 3 heterocycles. The predicted molar refractivity (Wildman–Crippen MR) is 291 cm³/mol. The Balaban J connectivity index is 0.000000283. The van der Waals surface area contributed by atoms with Crippen LogP contribution in [-0.2, 0) is 44.1 Å². The molecule has 3 aromatic heterocycles. The van der Waals surface area contributed by atoms with Crippen molar-refractivity contribution in [3.63, 3.8) is 0 Å². The van der Waals surface area contributed by atoms with Crippen molar-refractivity contribution in [2.45, 2.75) is 96.2 Å². The zero-order valence-electron chi connectivity index (χ0n) is 45.1. The minimum Gasteiger partial charge on any atom is -0.494 e. The van der Waals surface area contributed by atoms with Gasteiger partial charge < -0.3 is 61.7 Å². The number of primary amides is 2. The van der Waals surface area contributed by atoms with Crippen LogP contribution in [0.25, 0.3) is 0 Å². The normalized spacial score (nSPS) is 12.2. The molecule has 40 heteroatoms. The Morgan fingerprint density at radius 3 is 1.47 bits per heavy atom. The Hall–Kier alpha value is -8.12. The van der Waals surface area contributed by atoms with Gasteiger partial charge in [0.2, 0.25) is 19.7 Å². The van der Waals surface area contributed by atoms with E-state index in [9.17, 15) is 109 Å². The third-order valence-corrected chi connectivity index (χ3v) is 18.3. The van der Waals surface area contributed by atoms with E-state index >= 15 is 0 Å². The molecule has 6 rings (SSSR count). The number of aliphatic hydroxyl groups excluding tert-OH is 1. The van der Waals surface area contributed by atoms with E-state index in [2.05, 4.69) is 34.9 Å². The lowest BCUT2D eigenvalue weighted by Gasteiger charge is -2.17. The Kier molecular flexibility index (Phi) is 23.7. The van der Waals surface area contributed by atoms with Crippen molar-refractivity contribution in [2.75, 3.05) is 23.1 Å². The summed E-state index contributed by atoms with van der Waals surface area (Å²) in [6.45, 7) is -4.28. The molecule has 0 aliphatic rings. The summed E-state index contributed by atoms with van der Waals surface area (Å²) in [6, 6.07) is 6.50. The molecule has 480 valence electrons. The first-order valence-corrected chi connectivity index (χ1v) is 30.4. The molecule has 0 aliphatic heterocycles. The molecule has 1 atom stereocenters. The number of hydrogen-bond acceptors (Lipinski definition) is 22. The molecule has 0 spiro atoms. The highest BCUT2D eigenvalue weighted by Gasteiger charge is 2.36. The third-order valence-electron chi connectivity index (χ3n) is 10.5. The van der Waals surface area contributed by atoms with Crippen molar-refractivity contribution in [2.24, 2.45) is 11.5 Å². The molecule has 0 bridgehead atoms. The summed E-state index contributed by atoms with van der Waals surface area (Å²) in [5.74, 6) is -14.0. The number of sulfonamides is 1. The number of amides is 6. The van der Waals surface area contributed by atoms with Crippen LogP contribution in [-0.4, -0.2) is 120 Å². The highest BCUT2D eigenvalue weighted by molar-refractivity contribution is 7.92. The average molecular weight is 1370 g/mol. The Labute approximate surface area is 502 Å². The zero-order valence-corrected chi connectivity index (χ0v) is 50.0. The smallest absolute Gasteiger partial charge is 0.387 e. The molecular formula is C48H45F9N6O19S6. The molecule has 0 aliphatic carbocycles. The first kappa shape index (κ1) is 72.4. The van der Waals surface area contributed by atoms with Gasteiger partial charge in [0.15, 0.2) is 23.2 Å². The predicted octanol–water partition coefficient (Wildman–Crippen LogP) is 6.19. The van der Waals surface area contributed by atoms with Crippen LogP contribution in [0.1, 0.15) is 65.7 Å². The van der Waals surface area contributed by atoms with Crippen LogP contribution in [0.4, 0.5) is 54.5 Å². The molecule has 0 fully saturated rings. The van der Waals surface area contributed by atoms with Gasteiger partial charge in [-0.2, -0.15) is 26.3 Å². The van der Waals surface area contributed by atoms with Crippen LogP contribution in [0.15, 0.2) is 95.2 Å². The monoisotopic (exact) mass is 1370 g/mol. The van der Waals surface area contributed by atoms with Crippen LogP contribution in [0.3, 0.4) is 0 Å². The number of hydrogen-bond donors (Lipinski definition) is 9. The summed E-state index contributed by atoms with van der Waals surface area (Å²) >= 11 is 2.13. The van der Waals surface area contributed by atoms with E-state index in [1.165, 1.54) is 32.2 Å². The van der Waals surface area contributed by atoms with Gasteiger partial charge in [-0.3, -0.25) is 28.8 Å². The lowest BCUT2D eigenvalue weighted by Crippen LogP contribution is -2.37. The standard InChI is InChI=1S/C17H17F3N2O7S2.C16H14F4N2O6S2.C15H14F2N2O6S2/c1-17(2,25)15(24)21-14-8(4-5-30-14)13(23)22-31(26,27)12-7-10(28-3)9(18)6-11(12)29-16(19)20;1-16(2,25)14(24)22-13-11(12(21)23)10(5-29-13)30(26,27)9-4-7(18)6(17)3-8(9)28-15(19)20;1-7(20)13(22)19-14-11(12(18)21)10(6-26-14)27(23,24)9-4-2-8(3-5-9)25-15(16)17/h4-7,16,25H,1-3H3,(H,21,24)(H,22,23);3-5,15,25H,1-2H3,(H2,21,23)(H,22,24);2-7,15,20H,1H3,(H2,18,21)(H,19,22). The maximum atomic E-state index is 13.8. The van der Waals surface area contributed by atoms with Crippen LogP contribution in [0.2, 0.25) is 0 Å². The van der Waals surface area contributed by atoms with Gasteiger partial charge in [0, 0.05) is 29.0 Å². The molecule has 1 unspecified atom stereocenters. The number of benzene rings is 3. The SMILES string of the molecule is CC(C)(O)C(=O)Nc1scc(S(=O)(=O)c2cc(F)c(F)cc2OC(F)F)c1C(N)=O.CC(O)C(=O)Nc1scc(S(=O)(=O)c2ccc(OC(F)F)cc2)c1C(N)=O.COc1cc(S(=O)(=O)NC(=O)c2ccsc2NC(=O)C(C)(C)O)c(OC(F)F)cc1F. The molecule has 3 aromatic carbocycles. The quantitative estimate of drug-likeness (QED) is 0.0270. The number of halogens is 9. The summed E-state index contributed by atoms with van der Waals surface area (Å²) in [6.07, 6.45) is -1.39. The first-order valence-electron chi connectivity index (χ1n) is 23.3. The van der Waals surface area contributed by atoms with Crippen molar-refractivity contribution >= 4 is 114 Å². The highest BCUT2D eigenvalue weighted by atomic mass is 32.2. The van der Waals surface area contributed by atoms with Gasteiger partial charge >= 0.3 is 19.8 Å². The number of carbonyl (C=O) groups is 6. The van der Waals surface area contributed by atoms with Gasteiger partial charge in [0.1, 0.15) is 59.3 Å². The fourth-order valence-electron chi connectivity index (χ4n) is 6.30. The van der Waals surface area contributed by atoms with Gasteiger partial charge in [-0.15, -0.1) is 34.0 Å². The van der Waals surface area contributed by atoms with Crippen LogP contribution in [0, 0.1) is 17.5 Å². The number of alkyl halides is 6. The topological polar surface area (TPSA) is 403 Å². The van der Waals surface area contributed by atoms with Crippen LogP contribution < -0.4 is 51.1 Å². The Morgan fingerprint density at radius 1 is 0.568 bits per heavy atom. The van der Waals surface area contributed by atoms with Crippen LogP contribution >= 0.6 is 34.0 Å². The number of methoxy groups -OCH3 is 1. The molecular weight excluding hydrogens is 1330 g/mol. The molecule has 6 aromatic rings. The number of thiophene rings is 3. The number of carbonyl (C=O) groups excluding carboxylic acids is 6. The van der Waals surface area contributed by atoms with E-state index in [1.807, 2.05) is 0 Å². The lowest BCUT2D eigenvalue weighted by molar-refractivity contribution is -0.131. The van der Waals surface area contributed by atoms with Crippen molar-refractivity contribution in [1.82, 2.24) is 4.72 Å². The molecule has 0 saturated carbocycles. The molecule has 0 saturated heterocycles. The van der Waals surface area contributed by atoms with E-state index in [0.717, 1.165) is 78.7 Å². The highest BCUT2D eigenvalue weighted by Crippen LogP contribution is 2.40. The lowest BCUT2D eigenvalue weighted by atomic mass is 10.1. The first-order chi connectivity index (χ1) is 40.4. The summed E-state index contributed by atoms with van der Waals surface area (Å²) in [5.41, 5.74) is 5.29. The molecule has 88 heavy (non-hydrogen) atoms. The largest absolute Gasteiger partial charge is 0.494 e. The second kappa shape index (κ2) is 28.8. The van der Waals surface area contributed by atoms with E-state index in [0.29, 0.717) is 23.5 Å². The average Bonchev–Trinajstić information content (AvgIpc) is 1.64. The second-order valence-electron chi connectivity index (χ2n) is 17.9. The Morgan fingerprint density at radius 2 is 1.01 bits per heavy atom. The molecule has 11 N–H and O–H groups in total. The van der Waals surface area contributed by atoms with Gasteiger partial charge in [-0.1, -0.05) is 0 Å². The summed E-state index contributed by atoms with van der Waals surface area (Å²) < 4.78 is 211. The zero-order chi connectivity index (χ0) is 66.9. The molecule has 25 nitrogen and oxygen atoms in total. The maximum absolute atomic E-state index is 13.8. The number of rotatable bonds is 22. The maximum Gasteiger partial charge on any atom is 0.387 e. The minimum atomic E-state index is -4.95. The fraction of sp³-hybridized carbons (Fsp3) is 0.250. The van der Waals surface area contributed by atoms with Gasteiger partial charge in [0.05, 0.1) is 38.5 Å². The molecule has 6 amide bonds. The summed E-state index contributed by atoms with van der Waals surface area (Å²) in [4.78, 5) is 67.8. The second-order valence-corrected chi connectivity index (χ2v) is 26.0. The van der Waals surface area contributed by atoms with Gasteiger partial charge in [0.25, 0.3) is 45.5 Å². The number of anilines is 3. The molecule has 0 radical (unpaired) electrons. The third kappa shape index (κ3) is 18.2. The van der Waals surface area contributed by atoms with Crippen molar-refractivity contribution in [3.05, 3.63) is 105 Å². The van der Waals surface area contributed by atoms with Crippen LogP contribution in [0.5, 0.6) is 23.0 Å². The number of nitrogens with one attached hydrogen (secondary N) is 4. The Bertz CT molecular complexity index is 3960. The van der Waals surface area contributed by atoms with Crippen molar-refractivity contribution < 1.29 is 128 Å². The van der Waals surface area contributed by atoms with E-state index in [1.54, 1.807) is 4.72 Å². The van der Waals surface area contributed by atoms with Crippen molar-refractivity contribution in [3.8, 4) is 23.0 Å². The van der Waals surface area contributed by atoms with E-state index < -0.39 is 168 Å². The van der Waals surface area contributed by atoms with Gasteiger partial charge in [-0.05, 0) is 76.4 Å². The van der Waals surface area contributed by atoms with E-state index in [4.69, 9.17) is 11.5 Å². The summed E-state index contributed by atoms with van der Waals surface area (Å²) in [7, 11) is -13.0. The summed E-state index contributed by atoms with van der Waals surface area (Å²) in [5, 5.41) is 38.0. The van der Waals surface area contributed by atoms with Gasteiger partial charge in [-0.25, -0.2) is 43.1 Å². The van der Waals surface area contributed by atoms with Crippen molar-refractivity contribution in [1.29, 1.82) is 0 Å². The minimum absolute atomic E-state index is 0.0689. The fourth-order valence-corrected chi connectivity index (χ4v) is 13.8. The number of sulfone groups is 2.